The average Bonchev–Trinajstić information content (AvgIpc) is 3.24. The highest BCUT2D eigenvalue weighted by Crippen LogP contribution is 2.33. The Morgan fingerprint density at radius 1 is 1.03 bits per heavy atom. The molecule has 0 saturated carbocycles. The highest BCUT2D eigenvalue weighted by atomic mass is 35.5. The molecule has 1 aromatic carbocycles. The van der Waals surface area contributed by atoms with Gasteiger partial charge in [-0.3, -0.25) is 14.3 Å². The summed E-state index contributed by atoms with van der Waals surface area (Å²) in [5.41, 5.74) is 3.44. The lowest BCUT2D eigenvalue weighted by molar-refractivity contribution is -0.115. The maximum absolute atomic E-state index is 12.9. The smallest absolute Gasteiger partial charge is 0.237 e. The van der Waals surface area contributed by atoms with Gasteiger partial charge < -0.3 is 5.32 Å². The van der Waals surface area contributed by atoms with E-state index in [1.807, 2.05) is 41.8 Å². The van der Waals surface area contributed by atoms with E-state index in [9.17, 15) is 4.79 Å². The average molecular weight is 479 g/mol. The van der Waals surface area contributed by atoms with E-state index in [4.69, 9.17) is 11.6 Å². The van der Waals surface area contributed by atoms with Crippen molar-refractivity contribution in [3.05, 3.63) is 77.8 Å². The third-order valence-electron chi connectivity index (χ3n) is 5.02. The largest absolute Gasteiger partial charge is 0.322 e. The van der Waals surface area contributed by atoms with Gasteiger partial charge in [-0.15, -0.1) is 10.2 Å². The van der Waals surface area contributed by atoms with Crippen molar-refractivity contribution in [1.29, 1.82) is 0 Å². The molecule has 1 N–H and O–H groups in total. The van der Waals surface area contributed by atoms with E-state index >= 15 is 0 Å². The Labute approximate surface area is 201 Å². The topological polar surface area (TPSA) is 85.6 Å². The first-order valence-corrected chi connectivity index (χ1v) is 11.7. The fourth-order valence-electron chi connectivity index (χ4n) is 3.35. The van der Waals surface area contributed by atoms with Crippen LogP contribution in [-0.4, -0.2) is 35.9 Å². The standard InChI is InChI=1S/C24H23ClN6OS/c1-15(2)18-9-4-5-11-20(18)31-22(17-8-6-12-26-14-17)29-30-24(31)33-16(3)23(32)28-19-10-7-13-27-21(19)25/h4-16H,1-3H3,(H,28,32). The summed E-state index contributed by atoms with van der Waals surface area (Å²) in [6.07, 6.45) is 5.05. The van der Waals surface area contributed by atoms with Crippen molar-refractivity contribution in [1.82, 2.24) is 24.7 Å². The summed E-state index contributed by atoms with van der Waals surface area (Å²) in [4.78, 5) is 21.1. The molecule has 0 bridgehead atoms. The van der Waals surface area contributed by atoms with Gasteiger partial charge >= 0.3 is 0 Å². The minimum atomic E-state index is -0.461. The van der Waals surface area contributed by atoms with Gasteiger partial charge in [0.2, 0.25) is 5.91 Å². The van der Waals surface area contributed by atoms with Crippen LogP contribution in [0.2, 0.25) is 5.15 Å². The van der Waals surface area contributed by atoms with Crippen molar-refractivity contribution in [2.24, 2.45) is 0 Å². The van der Waals surface area contributed by atoms with Gasteiger partial charge in [0.25, 0.3) is 0 Å². The van der Waals surface area contributed by atoms with Crippen molar-refractivity contribution in [2.75, 3.05) is 5.32 Å². The van der Waals surface area contributed by atoms with Crippen LogP contribution in [0.5, 0.6) is 0 Å². The molecule has 4 rings (SSSR count). The van der Waals surface area contributed by atoms with Crippen LogP contribution in [0.15, 0.2) is 72.3 Å². The molecular weight excluding hydrogens is 456 g/mol. The van der Waals surface area contributed by atoms with Crippen LogP contribution in [0.1, 0.15) is 32.3 Å². The van der Waals surface area contributed by atoms with E-state index < -0.39 is 5.25 Å². The van der Waals surface area contributed by atoms with Gasteiger partial charge in [-0.25, -0.2) is 4.98 Å². The predicted octanol–water partition coefficient (Wildman–Crippen LogP) is 5.62. The molecule has 1 unspecified atom stereocenters. The normalized spacial score (nSPS) is 12.0. The monoisotopic (exact) mass is 478 g/mol. The van der Waals surface area contributed by atoms with Crippen LogP contribution >= 0.6 is 23.4 Å². The lowest BCUT2D eigenvalue weighted by atomic mass is 10.0. The molecule has 4 aromatic rings. The first kappa shape index (κ1) is 22.9. The third-order valence-corrected chi connectivity index (χ3v) is 6.36. The van der Waals surface area contributed by atoms with Crippen molar-refractivity contribution in [3.8, 4) is 17.1 Å². The first-order chi connectivity index (χ1) is 16.0. The quantitative estimate of drug-likeness (QED) is 0.274. The maximum atomic E-state index is 12.9. The number of halogens is 1. The Kier molecular flexibility index (Phi) is 7.05. The molecule has 168 valence electrons. The zero-order valence-corrected chi connectivity index (χ0v) is 20.0. The van der Waals surface area contributed by atoms with E-state index in [1.165, 1.54) is 11.8 Å². The SMILES string of the molecule is CC(Sc1nnc(-c2cccnc2)n1-c1ccccc1C(C)C)C(=O)Nc1cccnc1Cl. The Morgan fingerprint density at radius 3 is 2.55 bits per heavy atom. The van der Waals surface area contributed by atoms with Gasteiger partial charge in [0.1, 0.15) is 0 Å². The number of benzene rings is 1. The second-order valence-electron chi connectivity index (χ2n) is 7.69. The molecule has 1 atom stereocenters. The third kappa shape index (κ3) is 5.07. The first-order valence-electron chi connectivity index (χ1n) is 10.5. The van der Waals surface area contributed by atoms with E-state index in [0.717, 1.165) is 16.8 Å². The number of hydrogen-bond donors (Lipinski definition) is 1. The van der Waals surface area contributed by atoms with Crippen LogP contribution in [0, 0.1) is 0 Å². The van der Waals surface area contributed by atoms with Gasteiger partial charge in [-0.2, -0.15) is 0 Å². The Morgan fingerprint density at radius 2 is 1.82 bits per heavy atom. The number of nitrogens with zero attached hydrogens (tertiary/aromatic N) is 5. The van der Waals surface area contributed by atoms with E-state index in [-0.39, 0.29) is 17.0 Å². The van der Waals surface area contributed by atoms with Crippen LogP contribution in [0.4, 0.5) is 5.69 Å². The van der Waals surface area contributed by atoms with Gasteiger partial charge in [0.15, 0.2) is 16.1 Å². The van der Waals surface area contributed by atoms with Gasteiger partial charge in [-0.1, -0.05) is 55.4 Å². The summed E-state index contributed by atoms with van der Waals surface area (Å²) in [6.45, 7) is 6.11. The molecule has 0 saturated heterocycles. The number of carbonyl (C=O) groups excluding carboxylic acids is 1. The molecule has 3 aromatic heterocycles. The van der Waals surface area contributed by atoms with Gasteiger partial charge in [-0.05, 0) is 48.7 Å². The molecule has 33 heavy (non-hydrogen) atoms. The highest BCUT2D eigenvalue weighted by Gasteiger charge is 2.24. The fourth-order valence-corrected chi connectivity index (χ4v) is 4.38. The van der Waals surface area contributed by atoms with Crippen LogP contribution < -0.4 is 5.32 Å². The molecular formula is C24H23ClN6OS. The maximum Gasteiger partial charge on any atom is 0.237 e. The number of aromatic nitrogens is 5. The molecule has 0 radical (unpaired) electrons. The van der Waals surface area contributed by atoms with Gasteiger partial charge in [0.05, 0.1) is 16.6 Å². The fraction of sp³-hybridized carbons (Fsp3) is 0.208. The molecule has 3 heterocycles. The van der Waals surface area contributed by atoms with E-state index in [1.54, 1.807) is 30.7 Å². The summed E-state index contributed by atoms with van der Waals surface area (Å²) >= 11 is 7.42. The minimum absolute atomic E-state index is 0.204. The number of rotatable bonds is 7. The van der Waals surface area contributed by atoms with Gasteiger partial charge in [0, 0.05) is 24.2 Å². The molecule has 0 fully saturated rings. The minimum Gasteiger partial charge on any atom is -0.322 e. The zero-order valence-electron chi connectivity index (χ0n) is 18.4. The van der Waals surface area contributed by atoms with E-state index in [2.05, 4.69) is 45.4 Å². The zero-order chi connectivity index (χ0) is 23.4. The number of para-hydroxylation sites is 1. The summed E-state index contributed by atoms with van der Waals surface area (Å²) < 4.78 is 2.00. The lowest BCUT2D eigenvalue weighted by Gasteiger charge is -2.18. The second-order valence-corrected chi connectivity index (χ2v) is 9.35. The number of nitrogens with one attached hydrogen (secondary N) is 1. The van der Waals surface area contributed by atoms with Crippen molar-refractivity contribution in [2.45, 2.75) is 37.1 Å². The summed E-state index contributed by atoms with van der Waals surface area (Å²) in [6, 6.07) is 15.4. The van der Waals surface area contributed by atoms with Crippen molar-refractivity contribution in [3.63, 3.8) is 0 Å². The lowest BCUT2D eigenvalue weighted by Crippen LogP contribution is -2.23. The second kappa shape index (κ2) is 10.1. The number of hydrogen-bond acceptors (Lipinski definition) is 6. The molecule has 7 nitrogen and oxygen atoms in total. The Bertz CT molecular complexity index is 1260. The van der Waals surface area contributed by atoms with Crippen LogP contribution in [0.3, 0.4) is 0 Å². The Hall–Kier alpha value is -3.23. The van der Waals surface area contributed by atoms with Crippen molar-refractivity contribution < 1.29 is 4.79 Å². The van der Waals surface area contributed by atoms with E-state index in [0.29, 0.717) is 16.7 Å². The summed E-state index contributed by atoms with van der Waals surface area (Å²) in [5, 5.41) is 12.1. The predicted molar refractivity (Wildman–Crippen MR) is 132 cm³/mol. The van der Waals surface area contributed by atoms with Crippen LogP contribution in [0.25, 0.3) is 17.1 Å². The molecule has 0 aliphatic carbocycles. The molecule has 0 spiro atoms. The molecule has 0 aliphatic rings. The highest BCUT2D eigenvalue weighted by molar-refractivity contribution is 8.00. The van der Waals surface area contributed by atoms with Crippen LogP contribution in [-0.2, 0) is 4.79 Å². The number of amides is 1. The summed E-state index contributed by atoms with van der Waals surface area (Å²) in [5.74, 6) is 0.753. The Balaban J connectivity index is 1.71. The van der Waals surface area contributed by atoms with Crippen molar-refractivity contribution >= 4 is 35.0 Å². The summed E-state index contributed by atoms with van der Waals surface area (Å²) in [7, 11) is 0. The molecule has 1 amide bonds. The number of thioether (sulfide) groups is 1. The number of pyridine rings is 2. The molecule has 0 aliphatic heterocycles. The number of anilines is 1. The molecule has 9 heteroatoms. The number of carbonyl (C=O) groups is 1.